The van der Waals surface area contributed by atoms with Crippen molar-refractivity contribution in [3.8, 4) is 0 Å². The summed E-state index contributed by atoms with van der Waals surface area (Å²) in [5.41, 5.74) is 1.19. The van der Waals surface area contributed by atoms with Gasteiger partial charge < -0.3 is 10.4 Å². The molecule has 0 aliphatic heterocycles. The number of halogens is 1. The molecule has 2 nitrogen and oxygen atoms in total. The van der Waals surface area contributed by atoms with E-state index >= 15 is 0 Å². The zero-order valence-corrected chi connectivity index (χ0v) is 11.2. The first-order chi connectivity index (χ1) is 7.67. The summed E-state index contributed by atoms with van der Waals surface area (Å²) in [7, 11) is 0. The molecule has 1 rings (SSSR count). The SMILES string of the molecule is CCNCc1ccc(SC(C)CO)c(Cl)c1. The summed E-state index contributed by atoms with van der Waals surface area (Å²) < 4.78 is 0. The van der Waals surface area contributed by atoms with Gasteiger partial charge in [-0.3, -0.25) is 0 Å². The summed E-state index contributed by atoms with van der Waals surface area (Å²) in [6.45, 7) is 6.02. The molecule has 1 aromatic carbocycles. The number of thioether (sulfide) groups is 1. The summed E-state index contributed by atoms with van der Waals surface area (Å²) in [6.07, 6.45) is 0. The van der Waals surface area contributed by atoms with Gasteiger partial charge in [0.15, 0.2) is 0 Å². The van der Waals surface area contributed by atoms with E-state index in [0.29, 0.717) is 0 Å². The molecule has 1 atom stereocenters. The lowest BCUT2D eigenvalue weighted by Gasteiger charge is -2.10. The lowest BCUT2D eigenvalue weighted by atomic mass is 10.2. The summed E-state index contributed by atoms with van der Waals surface area (Å²) in [4.78, 5) is 1.03. The van der Waals surface area contributed by atoms with E-state index in [1.54, 1.807) is 11.8 Å². The first-order valence-electron chi connectivity index (χ1n) is 5.44. The van der Waals surface area contributed by atoms with E-state index in [2.05, 4.69) is 18.3 Å². The van der Waals surface area contributed by atoms with Crippen LogP contribution in [0.1, 0.15) is 19.4 Å². The molecule has 0 bridgehead atoms. The van der Waals surface area contributed by atoms with Crippen molar-refractivity contribution in [2.45, 2.75) is 30.5 Å². The van der Waals surface area contributed by atoms with Crippen LogP contribution in [0.4, 0.5) is 0 Å². The highest BCUT2D eigenvalue weighted by molar-refractivity contribution is 8.00. The molecule has 0 saturated carbocycles. The molecular formula is C12H18ClNOS. The number of benzene rings is 1. The Balaban J connectivity index is 2.67. The molecule has 0 radical (unpaired) electrons. The van der Waals surface area contributed by atoms with Crippen molar-refractivity contribution >= 4 is 23.4 Å². The van der Waals surface area contributed by atoms with Crippen LogP contribution in [-0.4, -0.2) is 23.5 Å². The van der Waals surface area contributed by atoms with Gasteiger partial charge in [-0.1, -0.05) is 31.5 Å². The fourth-order valence-electron chi connectivity index (χ4n) is 1.27. The van der Waals surface area contributed by atoms with E-state index in [9.17, 15) is 0 Å². The van der Waals surface area contributed by atoms with E-state index in [1.807, 2.05) is 19.1 Å². The molecule has 90 valence electrons. The summed E-state index contributed by atoms with van der Waals surface area (Å²) in [5.74, 6) is 0. The lowest BCUT2D eigenvalue weighted by Crippen LogP contribution is -2.11. The highest BCUT2D eigenvalue weighted by atomic mass is 35.5. The monoisotopic (exact) mass is 259 g/mol. The standard InChI is InChI=1S/C12H18ClNOS/c1-3-14-7-10-4-5-12(11(13)6-10)16-9(2)8-15/h4-6,9,14-15H,3,7-8H2,1-2H3. The average molecular weight is 260 g/mol. The minimum absolute atomic E-state index is 0.167. The molecule has 1 unspecified atom stereocenters. The Bertz CT molecular complexity index is 333. The van der Waals surface area contributed by atoms with Crippen LogP contribution in [0.2, 0.25) is 5.02 Å². The van der Waals surface area contributed by atoms with E-state index < -0.39 is 0 Å². The smallest absolute Gasteiger partial charge is 0.0550 e. The zero-order valence-electron chi connectivity index (χ0n) is 9.66. The maximum Gasteiger partial charge on any atom is 0.0550 e. The Morgan fingerprint density at radius 2 is 2.25 bits per heavy atom. The van der Waals surface area contributed by atoms with Gasteiger partial charge in [-0.2, -0.15) is 0 Å². The summed E-state index contributed by atoms with van der Waals surface area (Å²) in [5, 5.41) is 13.2. The molecule has 1 aromatic rings. The highest BCUT2D eigenvalue weighted by Crippen LogP contribution is 2.30. The van der Waals surface area contributed by atoms with Gasteiger partial charge in [0.25, 0.3) is 0 Å². The van der Waals surface area contributed by atoms with Crippen molar-refractivity contribution in [3.63, 3.8) is 0 Å². The first kappa shape index (κ1) is 13.8. The maximum atomic E-state index is 8.98. The Kier molecular flexibility index (Phi) is 6.21. The zero-order chi connectivity index (χ0) is 12.0. The van der Waals surface area contributed by atoms with E-state index in [4.69, 9.17) is 16.7 Å². The second-order valence-corrected chi connectivity index (χ2v) is 5.54. The molecule has 0 aromatic heterocycles. The molecule has 0 fully saturated rings. The molecule has 4 heteroatoms. The predicted molar refractivity (Wildman–Crippen MR) is 71.2 cm³/mol. The molecule has 2 N–H and O–H groups in total. The van der Waals surface area contributed by atoms with Gasteiger partial charge in [0.1, 0.15) is 0 Å². The minimum Gasteiger partial charge on any atom is -0.395 e. The molecule has 0 aliphatic carbocycles. The van der Waals surface area contributed by atoms with Crippen LogP contribution >= 0.6 is 23.4 Å². The van der Waals surface area contributed by atoms with Crippen LogP contribution in [0.3, 0.4) is 0 Å². The average Bonchev–Trinajstić information content (AvgIpc) is 2.29. The first-order valence-corrected chi connectivity index (χ1v) is 6.69. The van der Waals surface area contributed by atoms with Crippen LogP contribution in [0, 0.1) is 0 Å². The van der Waals surface area contributed by atoms with Gasteiger partial charge in [-0.25, -0.2) is 0 Å². The van der Waals surface area contributed by atoms with Gasteiger partial charge in [-0.15, -0.1) is 11.8 Å². The molecular weight excluding hydrogens is 242 g/mol. The van der Waals surface area contributed by atoms with Crippen molar-refractivity contribution in [1.29, 1.82) is 0 Å². The quantitative estimate of drug-likeness (QED) is 0.771. The van der Waals surface area contributed by atoms with Crippen LogP contribution < -0.4 is 5.32 Å². The van der Waals surface area contributed by atoms with Crippen molar-refractivity contribution in [3.05, 3.63) is 28.8 Å². The van der Waals surface area contributed by atoms with E-state index in [-0.39, 0.29) is 11.9 Å². The Morgan fingerprint density at radius 3 is 2.81 bits per heavy atom. The van der Waals surface area contributed by atoms with Gasteiger partial charge in [-0.05, 0) is 24.2 Å². The van der Waals surface area contributed by atoms with Crippen LogP contribution in [-0.2, 0) is 6.54 Å². The fourth-order valence-corrected chi connectivity index (χ4v) is 2.44. The van der Waals surface area contributed by atoms with Crippen molar-refractivity contribution < 1.29 is 5.11 Å². The Labute approximate surface area is 106 Å². The largest absolute Gasteiger partial charge is 0.395 e. The molecule has 0 aliphatic rings. The minimum atomic E-state index is 0.167. The second-order valence-electron chi connectivity index (χ2n) is 3.66. The van der Waals surface area contributed by atoms with Gasteiger partial charge in [0.2, 0.25) is 0 Å². The third-order valence-corrected chi connectivity index (χ3v) is 3.75. The number of hydrogen-bond donors (Lipinski definition) is 2. The highest BCUT2D eigenvalue weighted by Gasteiger charge is 2.07. The lowest BCUT2D eigenvalue weighted by molar-refractivity contribution is 0.300. The maximum absolute atomic E-state index is 8.98. The summed E-state index contributed by atoms with van der Waals surface area (Å²) >= 11 is 7.78. The molecule has 0 saturated heterocycles. The van der Waals surface area contributed by atoms with Gasteiger partial charge in [0.05, 0.1) is 11.6 Å². The van der Waals surface area contributed by atoms with Crippen molar-refractivity contribution in [2.24, 2.45) is 0 Å². The molecule has 0 heterocycles. The number of aliphatic hydroxyl groups excluding tert-OH is 1. The fraction of sp³-hybridized carbons (Fsp3) is 0.500. The number of rotatable bonds is 6. The van der Waals surface area contributed by atoms with Gasteiger partial charge >= 0.3 is 0 Å². The molecule has 16 heavy (non-hydrogen) atoms. The predicted octanol–water partition coefficient (Wildman–Crippen LogP) is 2.92. The third-order valence-electron chi connectivity index (χ3n) is 2.16. The molecule has 0 amide bonds. The normalized spacial score (nSPS) is 12.8. The van der Waals surface area contributed by atoms with Crippen LogP contribution in [0.5, 0.6) is 0 Å². The number of hydrogen-bond acceptors (Lipinski definition) is 3. The van der Waals surface area contributed by atoms with E-state index in [0.717, 1.165) is 23.0 Å². The molecule has 0 spiro atoms. The Morgan fingerprint density at radius 1 is 1.50 bits per heavy atom. The number of nitrogens with one attached hydrogen (secondary N) is 1. The van der Waals surface area contributed by atoms with Crippen LogP contribution in [0.25, 0.3) is 0 Å². The summed E-state index contributed by atoms with van der Waals surface area (Å²) in [6, 6.07) is 6.07. The van der Waals surface area contributed by atoms with Crippen molar-refractivity contribution in [2.75, 3.05) is 13.2 Å². The third kappa shape index (κ3) is 4.34. The van der Waals surface area contributed by atoms with E-state index in [1.165, 1.54) is 5.56 Å². The number of aliphatic hydroxyl groups is 1. The van der Waals surface area contributed by atoms with Crippen LogP contribution in [0.15, 0.2) is 23.1 Å². The van der Waals surface area contributed by atoms with Gasteiger partial charge in [0, 0.05) is 16.7 Å². The second kappa shape index (κ2) is 7.17. The van der Waals surface area contributed by atoms with Crippen molar-refractivity contribution in [1.82, 2.24) is 5.32 Å². The Hall–Kier alpha value is -0.220. The topological polar surface area (TPSA) is 32.3 Å².